The second-order valence-corrected chi connectivity index (χ2v) is 5.95. The Morgan fingerprint density at radius 1 is 1.12 bits per heavy atom. The number of ether oxygens (including phenoxy) is 2. The summed E-state index contributed by atoms with van der Waals surface area (Å²) >= 11 is 0. The van der Waals surface area contributed by atoms with Crippen LogP contribution >= 0.6 is 0 Å². The molecule has 0 saturated carbocycles. The van der Waals surface area contributed by atoms with Gasteiger partial charge in [-0.1, -0.05) is 6.07 Å². The van der Waals surface area contributed by atoms with Crippen molar-refractivity contribution in [3.05, 3.63) is 36.2 Å². The number of hydrogen-bond acceptors (Lipinski definition) is 6. The molecule has 1 saturated heterocycles. The van der Waals surface area contributed by atoms with Crippen molar-refractivity contribution in [3.63, 3.8) is 0 Å². The maximum Gasteiger partial charge on any atom is 0.320 e. The molecule has 138 valence electrons. The highest BCUT2D eigenvalue weighted by atomic mass is 16.5. The normalized spacial score (nSPS) is 13.4. The van der Waals surface area contributed by atoms with Crippen LogP contribution in [0.1, 0.15) is 18.4 Å². The average molecular weight is 357 g/mol. The van der Waals surface area contributed by atoms with Gasteiger partial charge in [0, 0.05) is 25.7 Å². The Morgan fingerprint density at radius 2 is 1.88 bits per heavy atom. The number of carbonyl (C=O) groups is 1. The molecule has 2 heterocycles. The van der Waals surface area contributed by atoms with Gasteiger partial charge >= 0.3 is 6.03 Å². The fourth-order valence-electron chi connectivity index (χ4n) is 2.87. The molecule has 0 bridgehead atoms. The number of carbonyl (C=O) groups excluding carboxylic acids is 1. The van der Waals surface area contributed by atoms with Gasteiger partial charge in [0.2, 0.25) is 0 Å². The van der Waals surface area contributed by atoms with E-state index in [0.717, 1.165) is 24.5 Å². The van der Waals surface area contributed by atoms with Crippen LogP contribution in [0.2, 0.25) is 0 Å². The molecule has 26 heavy (non-hydrogen) atoms. The minimum atomic E-state index is -0.328. The molecular weight excluding hydrogens is 334 g/mol. The zero-order valence-corrected chi connectivity index (χ0v) is 15.0. The number of aromatic nitrogens is 2. The zero-order chi connectivity index (χ0) is 18.4. The third kappa shape index (κ3) is 4.33. The summed E-state index contributed by atoms with van der Waals surface area (Å²) < 4.78 is 10.5. The van der Waals surface area contributed by atoms with E-state index in [2.05, 4.69) is 25.5 Å². The van der Waals surface area contributed by atoms with E-state index in [1.165, 1.54) is 19.2 Å². The minimum Gasteiger partial charge on any atom is -0.493 e. The Labute approximate surface area is 152 Å². The number of anilines is 2. The van der Waals surface area contributed by atoms with Gasteiger partial charge in [-0.05, 0) is 30.5 Å². The molecule has 8 nitrogen and oxygen atoms in total. The van der Waals surface area contributed by atoms with Gasteiger partial charge in [-0.15, -0.1) is 0 Å². The molecule has 2 N–H and O–H groups in total. The smallest absolute Gasteiger partial charge is 0.320 e. The lowest BCUT2D eigenvalue weighted by atomic mass is 10.2. The molecule has 1 aliphatic rings. The summed E-state index contributed by atoms with van der Waals surface area (Å²) in [6.07, 6.45) is 3.80. The maximum atomic E-state index is 12.1. The highest BCUT2D eigenvalue weighted by Gasteiger charge is 2.14. The lowest BCUT2D eigenvalue weighted by Gasteiger charge is -2.16. The Hall–Kier alpha value is -3.03. The van der Waals surface area contributed by atoms with E-state index in [1.54, 1.807) is 26.4 Å². The summed E-state index contributed by atoms with van der Waals surface area (Å²) in [6, 6.07) is 6.97. The summed E-state index contributed by atoms with van der Waals surface area (Å²) in [7, 11) is 3.16. The van der Waals surface area contributed by atoms with Crippen LogP contribution in [-0.4, -0.2) is 43.3 Å². The highest BCUT2D eigenvalue weighted by Crippen LogP contribution is 2.27. The average Bonchev–Trinajstić information content (AvgIpc) is 3.21. The molecule has 3 rings (SSSR count). The van der Waals surface area contributed by atoms with Gasteiger partial charge in [0.1, 0.15) is 18.0 Å². The number of rotatable bonds is 6. The summed E-state index contributed by atoms with van der Waals surface area (Å²) in [5.74, 6) is 2.59. The van der Waals surface area contributed by atoms with Gasteiger partial charge in [-0.25, -0.2) is 14.8 Å². The van der Waals surface area contributed by atoms with E-state index < -0.39 is 0 Å². The zero-order valence-electron chi connectivity index (χ0n) is 15.0. The Balaban J connectivity index is 1.56. The summed E-state index contributed by atoms with van der Waals surface area (Å²) in [5, 5.41) is 5.55. The molecule has 1 aromatic heterocycles. The maximum absolute atomic E-state index is 12.1. The fraction of sp³-hybridized carbons (Fsp3) is 0.389. The summed E-state index contributed by atoms with van der Waals surface area (Å²) in [5.41, 5.74) is 0.901. The lowest BCUT2D eigenvalue weighted by Crippen LogP contribution is -2.29. The predicted molar refractivity (Wildman–Crippen MR) is 98.9 cm³/mol. The SMILES string of the molecule is COc1ccc(CNC(=O)Nc2cc(N3CCCC3)ncn2)cc1OC. The molecular formula is C18H23N5O3. The van der Waals surface area contributed by atoms with Crippen LogP contribution in [-0.2, 0) is 6.54 Å². The molecule has 0 spiro atoms. The van der Waals surface area contributed by atoms with Crippen molar-refractivity contribution in [2.45, 2.75) is 19.4 Å². The molecule has 0 radical (unpaired) electrons. The van der Waals surface area contributed by atoms with Crippen LogP contribution in [0.4, 0.5) is 16.4 Å². The molecule has 0 unspecified atom stereocenters. The Morgan fingerprint density at radius 3 is 2.62 bits per heavy atom. The van der Waals surface area contributed by atoms with E-state index in [0.29, 0.717) is 23.9 Å². The number of nitrogens with zero attached hydrogens (tertiary/aromatic N) is 3. The van der Waals surface area contributed by atoms with E-state index >= 15 is 0 Å². The first kappa shape index (κ1) is 17.8. The number of urea groups is 1. The van der Waals surface area contributed by atoms with Gasteiger partial charge in [0.05, 0.1) is 14.2 Å². The van der Waals surface area contributed by atoms with Crippen molar-refractivity contribution in [1.29, 1.82) is 0 Å². The second kappa shape index (κ2) is 8.37. The van der Waals surface area contributed by atoms with Crippen LogP contribution in [0, 0.1) is 0 Å². The van der Waals surface area contributed by atoms with Crippen molar-refractivity contribution < 1.29 is 14.3 Å². The second-order valence-electron chi connectivity index (χ2n) is 5.95. The predicted octanol–water partition coefficient (Wildman–Crippen LogP) is 2.42. The number of amides is 2. The van der Waals surface area contributed by atoms with Crippen LogP contribution < -0.4 is 25.0 Å². The molecule has 1 aromatic carbocycles. The quantitative estimate of drug-likeness (QED) is 0.825. The molecule has 2 amide bonds. The van der Waals surface area contributed by atoms with Crippen molar-refractivity contribution in [1.82, 2.24) is 15.3 Å². The standard InChI is InChI=1S/C18H23N5O3/c1-25-14-6-5-13(9-15(14)26-2)11-19-18(24)22-16-10-17(21-12-20-16)23-7-3-4-8-23/h5-6,9-10,12H,3-4,7-8,11H2,1-2H3,(H2,19,20,21,22,24). The first-order valence-electron chi connectivity index (χ1n) is 8.52. The Bertz CT molecular complexity index is 762. The van der Waals surface area contributed by atoms with Crippen LogP contribution in [0.5, 0.6) is 11.5 Å². The molecule has 0 atom stereocenters. The largest absolute Gasteiger partial charge is 0.493 e. The van der Waals surface area contributed by atoms with Crippen molar-refractivity contribution in [2.75, 3.05) is 37.5 Å². The van der Waals surface area contributed by atoms with E-state index in [4.69, 9.17) is 9.47 Å². The van der Waals surface area contributed by atoms with Gasteiger partial charge < -0.3 is 19.7 Å². The number of hydrogen-bond donors (Lipinski definition) is 2. The third-order valence-electron chi connectivity index (χ3n) is 4.23. The summed E-state index contributed by atoms with van der Waals surface area (Å²) in [4.78, 5) is 22.7. The van der Waals surface area contributed by atoms with Crippen molar-refractivity contribution in [3.8, 4) is 11.5 Å². The van der Waals surface area contributed by atoms with Crippen molar-refractivity contribution in [2.24, 2.45) is 0 Å². The molecule has 1 fully saturated rings. The summed E-state index contributed by atoms with van der Waals surface area (Å²) in [6.45, 7) is 2.33. The molecule has 2 aromatic rings. The van der Waals surface area contributed by atoms with Crippen LogP contribution in [0.3, 0.4) is 0 Å². The van der Waals surface area contributed by atoms with Gasteiger partial charge in [-0.3, -0.25) is 5.32 Å². The van der Waals surface area contributed by atoms with Crippen molar-refractivity contribution >= 4 is 17.7 Å². The highest BCUT2D eigenvalue weighted by molar-refractivity contribution is 5.88. The molecule has 0 aliphatic carbocycles. The fourth-order valence-corrected chi connectivity index (χ4v) is 2.87. The lowest BCUT2D eigenvalue weighted by molar-refractivity contribution is 0.251. The first-order valence-corrected chi connectivity index (χ1v) is 8.52. The van der Waals surface area contributed by atoms with Gasteiger partial charge in [0.25, 0.3) is 0 Å². The van der Waals surface area contributed by atoms with Crippen LogP contribution in [0.15, 0.2) is 30.6 Å². The topological polar surface area (TPSA) is 88.6 Å². The number of nitrogens with one attached hydrogen (secondary N) is 2. The third-order valence-corrected chi connectivity index (χ3v) is 4.23. The van der Waals surface area contributed by atoms with E-state index in [9.17, 15) is 4.79 Å². The van der Waals surface area contributed by atoms with Crippen LogP contribution in [0.25, 0.3) is 0 Å². The van der Waals surface area contributed by atoms with Gasteiger partial charge in [-0.2, -0.15) is 0 Å². The Kier molecular flexibility index (Phi) is 5.73. The molecule has 8 heteroatoms. The number of methoxy groups -OCH3 is 2. The minimum absolute atomic E-state index is 0.328. The van der Waals surface area contributed by atoms with E-state index in [1.807, 2.05) is 12.1 Å². The van der Waals surface area contributed by atoms with E-state index in [-0.39, 0.29) is 6.03 Å². The number of benzene rings is 1. The molecule has 1 aliphatic heterocycles. The first-order chi connectivity index (χ1) is 12.7. The van der Waals surface area contributed by atoms with Gasteiger partial charge in [0.15, 0.2) is 11.5 Å². The monoisotopic (exact) mass is 357 g/mol.